The fourth-order valence-electron chi connectivity index (χ4n) is 0.988. The Balaban J connectivity index is 2.39. The molecule has 1 aliphatic rings. The van der Waals surface area contributed by atoms with Crippen LogP contribution in [0.4, 0.5) is 0 Å². The monoisotopic (exact) mass is 372 g/mol. The van der Waals surface area contributed by atoms with Gasteiger partial charge >= 0.3 is 78.2 Å². The summed E-state index contributed by atoms with van der Waals surface area (Å²) in [6.45, 7) is 0. The summed E-state index contributed by atoms with van der Waals surface area (Å²) in [5.41, 5.74) is 0. The van der Waals surface area contributed by atoms with Crippen LogP contribution in [0.5, 0.6) is 0 Å². The standard InChI is InChI=1S/C4H7S2.3CH3.Pb/c1-2-5-4-6-3-1;;;;/h4H,1-3H2;3*1H3;. The minimum absolute atomic E-state index is 1.06. The van der Waals surface area contributed by atoms with Gasteiger partial charge in [-0.3, -0.25) is 0 Å². The van der Waals surface area contributed by atoms with Gasteiger partial charge in [0.15, 0.2) is 0 Å². The molecule has 0 bridgehead atoms. The average Bonchev–Trinajstić information content (AvgIpc) is 1.88. The first-order valence-electron chi connectivity index (χ1n) is 3.84. The van der Waals surface area contributed by atoms with Gasteiger partial charge in [-0.2, -0.15) is 0 Å². The second kappa shape index (κ2) is 4.03. The van der Waals surface area contributed by atoms with Gasteiger partial charge in [-0.05, 0) is 0 Å². The van der Waals surface area contributed by atoms with E-state index in [0.29, 0.717) is 0 Å². The maximum atomic E-state index is 2.56. The summed E-state index contributed by atoms with van der Waals surface area (Å²) in [6, 6.07) is 0. The first-order valence-corrected chi connectivity index (χ1v) is 19.8. The van der Waals surface area contributed by atoms with E-state index in [4.69, 9.17) is 0 Å². The zero-order valence-electron chi connectivity index (χ0n) is 7.02. The molecule has 0 atom stereocenters. The molecule has 1 fully saturated rings. The topological polar surface area (TPSA) is 0 Å². The van der Waals surface area contributed by atoms with E-state index in [1.807, 2.05) is 0 Å². The summed E-state index contributed by atoms with van der Waals surface area (Å²) in [6.07, 6.45) is 1.44. The molecule has 1 aliphatic heterocycles. The van der Waals surface area contributed by atoms with Crippen LogP contribution < -0.4 is 0 Å². The number of thioether (sulfide) groups is 2. The molecule has 1 rings (SSSR count). The molecule has 0 aromatic rings. The van der Waals surface area contributed by atoms with Crippen LogP contribution in [0.15, 0.2) is 0 Å². The molecule has 3 heteroatoms. The van der Waals surface area contributed by atoms with Gasteiger partial charge in [-0.25, -0.2) is 0 Å². The molecule has 0 spiro atoms. The number of hydrogen-bond donors (Lipinski definition) is 0. The van der Waals surface area contributed by atoms with Crippen molar-refractivity contribution in [3.05, 3.63) is 0 Å². The van der Waals surface area contributed by atoms with E-state index in [1.54, 1.807) is 0 Å². The Hall–Kier alpha value is 1.62. The zero-order valence-corrected chi connectivity index (χ0v) is 12.5. The Labute approximate surface area is 77.6 Å². The molecular weight excluding hydrogens is 355 g/mol. The summed E-state index contributed by atoms with van der Waals surface area (Å²) in [4.78, 5) is 0. The first-order chi connectivity index (χ1) is 4.61. The molecule has 0 unspecified atom stereocenters. The van der Waals surface area contributed by atoms with E-state index in [-0.39, 0.29) is 0 Å². The predicted molar refractivity (Wildman–Crippen MR) is 56.7 cm³/mol. The van der Waals surface area contributed by atoms with E-state index in [2.05, 4.69) is 37.0 Å². The molecule has 0 amide bonds. The summed E-state index contributed by atoms with van der Waals surface area (Å²) < 4.78 is 8.73. The molecule has 0 saturated carbocycles. The Kier molecular flexibility index (Phi) is 3.91. The summed E-state index contributed by atoms with van der Waals surface area (Å²) >= 11 is 2.84. The summed E-state index contributed by atoms with van der Waals surface area (Å²) in [7, 11) is 0. The Bertz CT molecular complexity index is 103. The minimum atomic E-state index is -1.63. The number of hydrogen-bond acceptors (Lipinski definition) is 2. The van der Waals surface area contributed by atoms with Gasteiger partial charge in [0.25, 0.3) is 0 Å². The molecule has 0 nitrogen and oxygen atoms in total. The van der Waals surface area contributed by atoms with Crippen molar-refractivity contribution in [1.82, 2.24) is 0 Å². The van der Waals surface area contributed by atoms with Crippen LogP contribution >= 0.6 is 23.5 Å². The van der Waals surface area contributed by atoms with Crippen molar-refractivity contribution in [3.63, 3.8) is 0 Å². The van der Waals surface area contributed by atoms with Gasteiger partial charge < -0.3 is 0 Å². The predicted octanol–water partition coefficient (Wildman–Crippen LogP) is 3.06. The van der Waals surface area contributed by atoms with Crippen LogP contribution in [0, 0.1) is 0 Å². The molecule has 0 aliphatic carbocycles. The average molecular weight is 372 g/mol. The van der Waals surface area contributed by atoms with Crippen LogP contribution in [0.25, 0.3) is 0 Å². The normalized spacial score (nSPS) is 23.1. The van der Waals surface area contributed by atoms with Crippen LogP contribution in [-0.4, -0.2) is 34.8 Å². The van der Waals surface area contributed by atoms with Crippen LogP contribution in [0.2, 0.25) is 13.4 Å². The SMILES string of the molecule is [CH3][Pb]([CH3])([CH3])[CH]1SCCCS1. The fourth-order valence-corrected chi connectivity index (χ4v) is 18.6. The van der Waals surface area contributed by atoms with Gasteiger partial charge in [-0.15, -0.1) is 0 Å². The quantitative estimate of drug-likeness (QED) is 0.650. The Morgan fingerprint density at radius 1 is 1.10 bits per heavy atom. The van der Waals surface area contributed by atoms with Crippen molar-refractivity contribution in [3.8, 4) is 0 Å². The van der Waals surface area contributed by atoms with Crippen molar-refractivity contribution < 1.29 is 0 Å². The van der Waals surface area contributed by atoms with Crippen molar-refractivity contribution in [2.45, 2.75) is 22.0 Å². The van der Waals surface area contributed by atoms with Gasteiger partial charge in [0.2, 0.25) is 0 Å². The van der Waals surface area contributed by atoms with E-state index in [1.165, 1.54) is 17.9 Å². The third-order valence-electron chi connectivity index (χ3n) is 1.53. The molecule has 10 heavy (non-hydrogen) atoms. The molecule has 0 N–H and O–H groups in total. The Morgan fingerprint density at radius 3 is 1.90 bits per heavy atom. The van der Waals surface area contributed by atoms with E-state index in [9.17, 15) is 0 Å². The van der Waals surface area contributed by atoms with Crippen LogP contribution in [-0.2, 0) is 0 Å². The van der Waals surface area contributed by atoms with Crippen LogP contribution in [0.3, 0.4) is 0 Å². The van der Waals surface area contributed by atoms with Crippen molar-refractivity contribution >= 4 is 44.7 Å². The van der Waals surface area contributed by atoms with E-state index in [0.717, 1.165) is 2.14 Å². The summed E-state index contributed by atoms with van der Waals surface area (Å²) in [5, 5.41) is 0. The molecular formula is C7H16PbS2. The third kappa shape index (κ3) is 2.93. The van der Waals surface area contributed by atoms with Gasteiger partial charge in [-0.1, -0.05) is 0 Å². The number of rotatable bonds is 1. The Morgan fingerprint density at radius 2 is 1.60 bits per heavy atom. The molecule has 0 aromatic heterocycles. The second-order valence-corrected chi connectivity index (χ2v) is 30.4. The van der Waals surface area contributed by atoms with Gasteiger partial charge in [0.05, 0.1) is 0 Å². The van der Waals surface area contributed by atoms with E-state index < -0.39 is 21.2 Å². The summed E-state index contributed by atoms with van der Waals surface area (Å²) in [5.74, 6) is 2.85. The molecule has 1 heterocycles. The third-order valence-corrected chi connectivity index (χ3v) is 25.8. The molecule has 0 aromatic carbocycles. The molecule has 1 saturated heterocycles. The maximum absolute atomic E-state index is 2.56. The van der Waals surface area contributed by atoms with E-state index >= 15 is 0 Å². The van der Waals surface area contributed by atoms with Gasteiger partial charge in [0, 0.05) is 0 Å². The fraction of sp³-hybridized carbons (Fsp3) is 1.00. The van der Waals surface area contributed by atoms with Crippen molar-refractivity contribution in [2.75, 3.05) is 11.5 Å². The molecule has 0 radical (unpaired) electrons. The second-order valence-electron chi connectivity index (χ2n) is 3.79. The first kappa shape index (κ1) is 9.71. The van der Waals surface area contributed by atoms with Crippen molar-refractivity contribution in [2.24, 2.45) is 0 Å². The van der Waals surface area contributed by atoms with Crippen LogP contribution in [0.1, 0.15) is 6.42 Å². The van der Waals surface area contributed by atoms with Gasteiger partial charge in [0.1, 0.15) is 0 Å². The zero-order chi connectivity index (χ0) is 7.61. The van der Waals surface area contributed by atoms with Crippen molar-refractivity contribution in [1.29, 1.82) is 0 Å². The molecule has 60 valence electrons.